The molecule has 0 saturated heterocycles. The van der Waals surface area contributed by atoms with Crippen molar-refractivity contribution in [3.05, 3.63) is 27.1 Å². The number of aliphatic hydroxyl groups excluding tert-OH is 1. The van der Waals surface area contributed by atoms with Crippen LogP contribution in [0.15, 0.2) is 32.0 Å². The molecular weight excluding hydrogens is 374 g/mol. The minimum absolute atomic E-state index is 0.0731. The molecule has 0 unspecified atom stereocenters. The van der Waals surface area contributed by atoms with Gasteiger partial charge in [0, 0.05) is 22.1 Å². The fraction of sp³-hybridized carbons (Fsp3) is 0.400. The van der Waals surface area contributed by atoms with Crippen LogP contribution in [0.3, 0.4) is 0 Å². The van der Waals surface area contributed by atoms with Crippen molar-refractivity contribution in [3.63, 3.8) is 0 Å². The van der Waals surface area contributed by atoms with Crippen LogP contribution in [-0.2, 0) is 10.0 Å². The van der Waals surface area contributed by atoms with E-state index in [0.29, 0.717) is 23.9 Å². The third-order valence-electron chi connectivity index (χ3n) is 2.06. The zero-order valence-electron chi connectivity index (χ0n) is 8.99. The highest BCUT2D eigenvalue weighted by molar-refractivity contribution is 9.11. The predicted octanol–water partition coefficient (Wildman–Crippen LogP) is 2.26. The molecule has 0 aromatic heterocycles. The molecule has 0 fully saturated rings. The van der Waals surface area contributed by atoms with Crippen LogP contribution < -0.4 is 4.72 Å². The minimum atomic E-state index is -3.49. The van der Waals surface area contributed by atoms with E-state index in [1.165, 1.54) is 6.07 Å². The third kappa shape index (κ3) is 4.67. The number of nitrogens with one attached hydrogen (secondary N) is 1. The average molecular weight is 387 g/mol. The molecule has 0 saturated carbocycles. The summed E-state index contributed by atoms with van der Waals surface area (Å²) in [7, 11) is -3.49. The van der Waals surface area contributed by atoms with Crippen LogP contribution in [0.25, 0.3) is 0 Å². The highest BCUT2D eigenvalue weighted by Gasteiger charge is 2.16. The van der Waals surface area contributed by atoms with Gasteiger partial charge in [0.1, 0.15) is 0 Å². The van der Waals surface area contributed by atoms with E-state index in [1.807, 2.05) is 0 Å². The molecule has 1 rings (SSSR count). The van der Waals surface area contributed by atoms with Crippen molar-refractivity contribution in [1.82, 2.24) is 4.72 Å². The van der Waals surface area contributed by atoms with Gasteiger partial charge in [-0.05, 0) is 47.0 Å². The van der Waals surface area contributed by atoms with Gasteiger partial charge in [-0.3, -0.25) is 0 Å². The van der Waals surface area contributed by atoms with Crippen molar-refractivity contribution in [3.8, 4) is 0 Å². The highest BCUT2D eigenvalue weighted by Crippen LogP contribution is 2.25. The number of unbranched alkanes of at least 4 members (excludes halogenated alkanes) is 1. The Hall–Kier alpha value is 0.0500. The number of aliphatic hydroxyl groups is 1. The monoisotopic (exact) mass is 385 g/mol. The van der Waals surface area contributed by atoms with E-state index in [4.69, 9.17) is 5.11 Å². The zero-order valence-corrected chi connectivity index (χ0v) is 13.0. The van der Waals surface area contributed by atoms with Gasteiger partial charge in [-0.2, -0.15) is 0 Å². The van der Waals surface area contributed by atoms with E-state index in [0.717, 1.165) is 4.47 Å². The molecule has 0 spiro atoms. The maximum Gasteiger partial charge on any atom is 0.241 e. The summed E-state index contributed by atoms with van der Waals surface area (Å²) in [4.78, 5) is 0.213. The van der Waals surface area contributed by atoms with Crippen LogP contribution >= 0.6 is 31.9 Å². The second kappa shape index (κ2) is 6.84. The largest absolute Gasteiger partial charge is 0.396 e. The van der Waals surface area contributed by atoms with E-state index < -0.39 is 10.0 Å². The molecule has 0 atom stereocenters. The molecule has 4 nitrogen and oxygen atoms in total. The molecule has 0 radical (unpaired) electrons. The van der Waals surface area contributed by atoms with Crippen molar-refractivity contribution in [2.75, 3.05) is 13.2 Å². The van der Waals surface area contributed by atoms with Crippen LogP contribution in [-0.4, -0.2) is 26.7 Å². The first kappa shape index (κ1) is 15.1. The Morgan fingerprint density at radius 3 is 2.53 bits per heavy atom. The van der Waals surface area contributed by atoms with Crippen molar-refractivity contribution in [2.24, 2.45) is 0 Å². The fourth-order valence-electron chi connectivity index (χ4n) is 1.21. The molecule has 0 aliphatic rings. The minimum Gasteiger partial charge on any atom is -0.396 e. The summed E-state index contributed by atoms with van der Waals surface area (Å²) in [6.45, 7) is 0.398. The molecule has 1 aromatic carbocycles. The predicted molar refractivity (Wildman–Crippen MR) is 73.4 cm³/mol. The maximum atomic E-state index is 11.9. The molecule has 2 N–H and O–H groups in total. The van der Waals surface area contributed by atoms with E-state index in [1.54, 1.807) is 12.1 Å². The summed E-state index contributed by atoms with van der Waals surface area (Å²) in [6.07, 6.45) is 1.20. The van der Waals surface area contributed by atoms with E-state index in [9.17, 15) is 8.42 Å². The van der Waals surface area contributed by atoms with E-state index >= 15 is 0 Å². The highest BCUT2D eigenvalue weighted by atomic mass is 79.9. The summed E-state index contributed by atoms with van der Waals surface area (Å²) < 4.78 is 27.6. The Kier molecular flexibility index (Phi) is 6.08. The molecule has 0 heterocycles. The average Bonchev–Trinajstić information content (AvgIpc) is 2.24. The normalized spacial score (nSPS) is 11.7. The van der Waals surface area contributed by atoms with Crippen LogP contribution in [0.5, 0.6) is 0 Å². The number of hydrogen-bond donors (Lipinski definition) is 2. The quantitative estimate of drug-likeness (QED) is 0.737. The lowest BCUT2D eigenvalue weighted by Crippen LogP contribution is -2.25. The lowest BCUT2D eigenvalue weighted by molar-refractivity contribution is 0.285. The van der Waals surface area contributed by atoms with Gasteiger partial charge in [-0.25, -0.2) is 13.1 Å². The maximum absolute atomic E-state index is 11.9. The fourth-order valence-corrected chi connectivity index (χ4v) is 4.03. The molecule has 1 aromatic rings. The summed E-state index contributed by atoms with van der Waals surface area (Å²) in [5.41, 5.74) is 0. The van der Waals surface area contributed by atoms with E-state index in [-0.39, 0.29) is 11.5 Å². The smallest absolute Gasteiger partial charge is 0.241 e. The molecule has 0 aliphatic heterocycles. The van der Waals surface area contributed by atoms with Gasteiger partial charge in [0.05, 0.1) is 4.90 Å². The van der Waals surface area contributed by atoms with E-state index in [2.05, 4.69) is 36.6 Å². The Balaban J connectivity index is 2.76. The Morgan fingerprint density at radius 2 is 1.94 bits per heavy atom. The molecule has 7 heteroatoms. The molecule has 0 bridgehead atoms. The molecular formula is C10H13Br2NO3S. The number of benzene rings is 1. The molecule has 0 amide bonds. The molecule has 96 valence electrons. The van der Waals surface area contributed by atoms with Crippen LogP contribution in [0.1, 0.15) is 12.8 Å². The van der Waals surface area contributed by atoms with Crippen LogP contribution in [0, 0.1) is 0 Å². The summed E-state index contributed by atoms with van der Waals surface area (Å²) in [5, 5.41) is 8.60. The summed E-state index contributed by atoms with van der Waals surface area (Å²) in [5.74, 6) is 0. The van der Waals surface area contributed by atoms with Gasteiger partial charge in [0.2, 0.25) is 10.0 Å². The SMILES string of the molecule is O=S(=O)(NCCCCO)c1ccc(Br)cc1Br. The van der Waals surface area contributed by atoms with Crippen LogP contribution in [0.2, 0.25) is 0 Å². The van der Waals surface area contributed by atoms with Crippen LogP contribution in [0.4, 0.5) is 0 Å². The van der Waals surface area contributed by atoms with Gasteiger partial charge < -0.3 is 5.11 Å². The topological polar surface area (TPSA) is 66.4 Å². The first-order chi connectivity index (χ1) is 7.97. The van der Waals surface area contributed by atoms with Gasteiger partial charge in [-0.1, -0.05) is 15.9 Å². The van der Waals surface area contributed by atoms with Crippen molar-refractivity contribution in [2.45, 2.75) is 17.7 Å². The number of sulfonamides is 1. The standard InChI is InChI=1S/C10H13Br2NO3S/c11-8-3-4-10(9(12)7-8)17(15,16)13-5-1-2-6-14/h3-4,7,13-14H,1-2,5-6H2. The Bertz CT molecular complexity index is 476. The zero-order chi connectivity index (χ0) is 12.9. The van der Waals surface area contributed by atoms with Crippen molar-refractivity contribution in [1.29, 1.82) is 0 Å². The van der Waals surface area contributed by atoms with Gasteiger partial charge in [0.25, 0.3) is 0 Å². The lowest BCUT2D eigenvalue weighted by Gasteiger charge is -2.08. The summed E-state index contributed by atoms with van der Waals surface area (Å²) >= 11 is 6.48. The second-order valence-corrected chi connectivity index (χ2v) is 6.91. The number of hydrogen-bond acceptors (Lipinski definition) is 3. The number of rotatable bonds is 6. The number of halogens is 2. The Morgan fingerprint density at radius 1 is 1.24 bits per heavy atom. The third-order valence-corrected chi connectivity index (χ3v) is 4.99. The first-order valence-electron chi connectivity index (χ1n) is 5.03. The van der Waals surface area contributed by atoms with Gasteiger partial charge >= 0.3 is 0 Å². The summed E-state index contributed by atoms with van der Waals surface area (Å²) in [6, 6.07) is 4.89. The van der Waals surface area contributed by atoms with Crippen molar-refractivity contribution < 1.29 is 13.5 Å². The van der Waals surface area contributed by atoms with Crippen molar-refractivity contribution >= 4 is 41.9 Å². The van der Waals surface area contributed by atoms with Gasteiger partial charge in [-0.15, -0.1) is 0 Å². The first-order valence-corrected chi connectivity index (χ1v) is 8.10. The Labute approximate surface area is 118 Å². The lowest BCUT2D eigenvalue weighted by atomic mass is 10.3. The molecule has 17 heavy (non-hydrogen) atoms. The molecule has 0 aliphatic carbocycles. The second-order valence-electron chi connectivity index (χ2n) is 3.40. The van der Waals surface area contributed by atoms with Gasteiger partial charge in [0.15, 0.2) is 0 Å².